The number of nitrogens with one attached hydrogen (secondary N) is 1. The van der Waals surface area contributed by atoms with Crippen molar-refractivity contribution < 1.29 is 19.1 Å². The molecule has 1 atom stereocenters. The summed E-state index contributed by atoms with van der Waals surface area (Å²) in [7, 11) is 0. The van der Waals surface area contributed by atoms with E-state index in [0.29, 0.717) is 22.3 Å². The minimum absolute atomic E-state index is 0.00361. The third kappa shape index (κ3) is 3.76. The van der Waals surface area contributed by atoms with Crippen LogP contribution in [0.1, 0.15) is 24.7 Å². The smallest absolute Gasteiger partial charge is 0.308 e. The first-order valence-electron chi connectivity index (χ1n) is 9.65. The van der Waals surface area contributed by atoms with Gasteiger partial charge in [0.05, 0.1) is 23.0 Å². The van der Waals surface area contributed by atoms with Gasteiger partial charge in [-0.2, -0.15) is 0 Å². The highest BCUT2D eigenvalue weighted by Gasteiger charge is 2.31. The van der Waals surface area contributed by atoms with Crippen LogP contribution in [0, 0.1) is 6.92 Å². The number of hydrogen-bond donors (Lipinski definition) is 1. The van der Waals surface area contributed by atoms with Crippen molar-refractivity contribution in [2.24, 2.45) is 0 Å². The van der Waals surface area contributed by atoms with Gasteiger partial charge < -0.3 is 19.4 Å². The first-order chi connectivity index (χ1) is 14.4. The number of aromatic nitrogens is 2. The average molecular weight is 407 g/mol. The van der Waals surface area contributed by atoms with Crippen LogP contribution in [0.4, 0.5) is 5.69 Å². The fraction of sp³-hybridized carbons (Fsp3) is 0.273. The van der Waals surface area contributed by atoms with Gasteiger partial charge >= 0.3 is 5.97 Å². The lowest BCUT2D eigenvalue weighted by Crippen LogP contribution is -2.45. The molecule has 2 aromatic carbocycles. The zero-order chi connectivity index (χ0) is 21.3. The lowest BCUT2D eigenvalue weighted by atomic mass is 10.1. The van der Waals surface area contributed by atoms with Crippen LogP contribution in [0.5, 0.6) is 5.75 Å². The maximum Gasteiger partial charge on any atom is 0.308 e. The Hall–Kier alpha value is -3.68. The SMILES string of the molecule is Cc1cccc2c(=O)[nH]c(COC(=O)CCN3C(=O)[C@@H](C)Oc4ccccc43)nc12. The molecule has 0 aliphatic carbocycles. The van der Waals surface area contributed by atoms with E-state index in [-0.39, 0.29) is 36.9 Å². The Balaban J connectivity index is 1.41. The van der Waals surface area contributed by atoms with Gasteiger partial charge in [-0.05, 0) is 37.6 Å². The van der Waals surface area contributed by atoms with Crippen LogP contribution >= 0.6 is 0 Å². The molecule has 1 aromatic heterocycles. The van der Waals surface area contributed by atoms with Gasteiger partial charge in [0.1, 0.15) is 18.2 Å². The number of aryl methyl sites for hydroxylation is 1. The van der Waals surface area contributed by atoms with Crippen LogP contribution in [0.15, 0.2) is 47.3 Å². The van der Waals surface area contributed by atoms with Crippen LogP contribution in [0.3, 0.4) is 0 Å². The molecule has 0 radical (unpaired) electrons. The van der Waals surface area contributed by atoms with E-state index in [1.165, 1.54) is 4.90 Å². The minimum atomic E-state index is -0.619. The number of esters is 1. The number of hydrogen-bond acceptors (Lipinski definition) is 6. The first-order valence-corrected chi connectivity index (χ1v) is 9.65. The van der Waals surface area contributed by atoms with E-state index in [4.69, 9.17) is 9.47 Å². The number of benzene rings is 2. The van der Waals surface area contributed by atoms with E-state index in [1.54, 1.807) is 37.3 Å². The second-order valence-electron chi connectivity index (χ2n) is 7.11. The largest absolute Gasteiger partial charge is 0.479 e. The number of anilines is 1. The van der Waals surface area contributed by atoms with Gasteiger partial charge in [0, 0.05) is 6.54 Å². The molecule has 0 saturated carbocycles. The van der Waals surface area contributed by atoms with Crippen LogP contribution < -0.4 is 15.2 Å². The molecule has 3 aromatic rings. The zero-order valence-electron chi connectivity index (χ0n) is 16.7. The highest BCUT2D eigenvalue weighted by molar-refractivity contribution is 6.00. The molecule has 154 valence electrons. The first kappa shape index (κ1) is 19.6. The van der Waals surface area contributed by atoms with Crippen molar-refractivity contribution in [2.45, 2.75) is 33.0 Å². The molecule has 8 heteroatoms. The summed E-state index contributed by atoms with van der Waals surface area (Å²) >= 11 is 0. The molecule has 1 aliphatic rings. The number of H-pyrrole nitrogens is 1. The maximum absolute atomic E-state index is 12.5. The van der Waals surface area contributed by atoms with Gasteiger partial charge in [0.2, 0.25) is 0 Å². The van der Waals surface area contributed by atoms with Crippen molar-refractivity contribution in [3.05, 3.63) is 64.2 Å². The Morgan fingerprint density at radius 3 is 2.83 bits per heavy atom. The molecular weight excluding hydrogens is 386 g/mol. The zero-order valence-corrected chi connectivity index (χ0v) is 16.7. The van der Waals surface area contributed by atoms with E-state index in [9.17, 15) is 14.4 Å². The van der Waals surface area contributed by atoms with E-state index in [2.05, 4.69) is 9.97 Å². The molecule has 0 saturated heterocycles. The number of ether oxygens (including phenoxy) is 2. The van der Waals surface area contributed by atoms with Crippen molar-refractivity contribution >= 4 is 28.5 Å². The summed E-state index contributed by atoms with van der Waals surface area (Å²) in [6.45, 7) is 3.56. The number of rotatable bonds is 5. The molecule has 0 bridgehead atoms. The lowest BCUT2D eigenvalue weighted by Gasteiger charge is -2.32. The molecule has 0 unspecified atom stereocenters. The highest BCUT2D eigenvalue weighted by atomic mass is 16.5. The van der Waals surface area contributed by atoms with Crippen molar-refractivity contribution in [1.29, 1.82) is 0 Å². The number of carbonyl (C=O) groups excluding carboxylic acids is 2. The Kier molecular flexibility index (Phi) is 5.22. The minimum Gasteiger partial charge on any atom is -0.479 e. The van der Waals surface area contributed by atoms with Crippen LogP contribution in [0.25, 0.3) is 10.9 Å². The molecule has 0 spiro atoms. The summed E-state index contributed by atoms with van der Waals surface area (Å²) < 4.78 is 10.9. The van der Waals surface area contributed by atoms with E-state index in [1.807, 2.05) is 19.1 Å². The summed E-state index contributed by atoms with van der Waals surface area (Å²) in [4.78, 5) is 45.5. The highest BCUT2D eigenvalue weighted by Crippen LogP contribution is 2.33. The second kappa shape index (κ2) is 7.98. The Bertz CT molecular complexity index is 1190. The maximum atomic E-state index is 12.5. The molecule has 1 N–H and O–H groups in total. The van der Waals surface area contributed by atoms with Gasteiger partial charge in [-0.15, -0.1) is 0 Å². The monoisotopic (exact) mass is 407 g/mol. The average Bonchev–Trinajstić information content (AvgIpc) is 2.73. The molecule has 8 nitrogen and oxygen atoms in total. The van der Waals surface area contributed by atoms with Gasteiger partial charge in [0.15, 0.2) is 6.10 Å². The third-order valence-electron chi connectivity index (χ3n) is 4.97. The van der Waals surface area contributed by atoms with Crippen molar-refractivity contribution in [1.82, 2.24) is 9.97 Å². The van der Waals surface area contributed by atoms with E-state index >= 15 is 0 Å². The number of para-hydroxylation sites is 3. The van der Waals surface area contributed by atoms with Gasteiger partial charge in [0.25, 0.3) is 11.5 Å². The Morgan fingerprint density at radius 1 is 1.20 bits per heavy atom. The molecule has 1 amide bonds. The number of nitrogens with zero attached hydrogens (tertiary/aromatic N) is 2. The predicted octanol–water partition coefficient (Wildman–Crippen LogP) is 2.48. The van der Waals surface area contributed by atoms with E-state index < -0.39 is 12.1 Å². The van der Waals surface area contributed by atoms with Crippen molar-refractivity contribution in [3.8, 4) is 5.75 Å². The summed E-state index contributed by atoms with van der Waals surface area (Å²) in [5, 5.41) is 0.490. The van der Waals surface area contributed by atoms with Gasteiger partial charge in [-0.25, -0.2) is 4.98 Å². The number of carbonyl (C=O) groups is 2. The molecule has 0 fully saturated rings. The second-order valence-corrected chi connectivity index (χ2v) is 7.11. The van der Waals surface area contributed by atoms with Crippen molar-refractivity contribution in [3.63, 3.8) is 0 Å². The molecular formula is C22H21N3O5. The number of amides is 1. The molecule has 1 aliphatic heterocycles. The lowest BCUT2D eigenvalue weighted by molar-refractivity contribution is -0.145. The quantitative estimate of drug-likeness (QED) is 0.652. The van der Waals surface area contributed by atoms with Crippen LogP contribution in [0.2, 0.25) is 0 Å². The summed E-state index contributed by atoms with van der Waals surface area (Å²) in [6, 6.07) is 12.5. The van der Waals surface area contributed by atoms with Crippen LogP contribution in [-0.2, 0) is 20.9 Å². The van der Waals surface area contributed by atoms with Gasteiger partial charge in [-0.3, -0.25) is 14.4 Å². The fourth-order valence-electron chi connectivity index (χ4n) is 3.43. The predicted molar refractivity (Wildman–Crippen MR) is 110 cm³/mol. The fourth-order valence-corrected chi connectivity index (χ4v) is 3.43. The summed E-state index contributed by atoms with van der Waals surface area (Å²) in [5.41, 5.74) is 1.80. The normalized spacial score (nSPS) is 15.6. The molecule has 4 rings (SSSR count). The Morgan fingerprint density at radius 2 is 2.00 bits per heavy atom. The van der Waals surface area contributed by atoms with Crippen molar-refractivity contribution in [2.75, 3.05) is 11.4 Å². The summed E-state index contributed by atoms with van der Waals surface area (Å²) in [6.07, 6.45) is -0.616. The Labute approximate surface area is 172 Å². The number of fused-ring (bicyclic) bond motifs is 2. The third-order valence-corrected chi connectivity index (χ3v) is 4.97. The topological polar surface area (TPSA) is 102 Å². The number of aromatic amines is 1. The standard InChI is InChI=1S/C22H21N3O5/c1-13-6-5-7-15-20(13)23-18(24-21(15)27)12-29-19(26)10-11-25-16-8-3-4-9-17(16)30-14(2)22(25)28/h3-9,14H,10-12H2,1-2H3,(H,23,24,27)/t14-/m1/s1. The van der Waals surface area contributed by atoms with Gasteiger partial charge in [-0.1, -0.05) is 24.3 Å². The van der Waals surface area contributed by atoms with E-state index in [0.717, 1.165) is 5.56 Å². The molecule has 2 heterocycles. The molecule has 30 heavy (non-hydrogen) atoms. The van der Waals surface area contributed by atoms with Crippen LogP contribution in [-0.4, -0.2) is 34.5 Å². The summed E-state index contributed by atoms with van der Waals surface area (Å²) in [5.74, 6) is 0.173.